The fourth-order valence-corrected chi connectivity index (χ4v) is 3.10. The molecule has 1 aliphatic rings. The zero-order valence-electron chi connectivity index (χ0n) is 11.2. The summed E-state index contributed by atoms with van der Waals surface area (Å²) in [7, 11) is 8.43. The number of rotatable bonds is 2. The van der Waals surface area contributed by atoms with Gasteiger partial charge in [-0.1, -0.05) is 11.3 Å². The molecule has 3 nitrogen and oxygen atoms in total. The molecule has 1 aliphatic heterocycles. The van der Waals surface area contributed by atoms with Crippen molar-refractivity contribution in [3.8, 4) is 0 Å². The lowest BCUT2D eigenvalue weighted by Gasteiger charge is -2.19. The van der Waals surface area contributed by atoms with E-state index < -0.39 is 0 Å². The maximum absolute atomic E-state index is 2.50. The van der Waals surface area contributed by atoms with E-state index in [4.69, 9.17) is 0 Å². The Balaban J connectivity index is 2.48. The lowest BCUT2D eigenvalue weighted by atomic mass is 10.4. The third-order valence-corrected chi connectivity index (χ3v) is 4.40. The van der Waals surface area contributed by atoms with Crippen molar-refractivity contribution in [3.05, 3.63) is 16.8 Å². The second kappa shape index (κ2) is 5.08. The molecule has 0 atom stereocenters. The number of hydrogen-bond acceptors (Lipinski definition) is 3. The molecule has 0 radical (unpaired) electrons. The van der Waals surface area contributed by atoms with E-state index in [9.17, 15) is 0 Å². The minimum atomic E-state index is 1.21. The molecule has 2 heterocycles. The molecule has 1 aromatic rings. The molecular formula is C13H22N3S+. The van der Waals surface area contributed by atoms with E-state index in [2.05, 4.69) is 54.7 Å². The monoisotopic (exact) mass is 252 g/mol. The van der Waals surface area contributed by atoms with Crippen LogP contribution in [0.1, 0.15) is 12.8 Å². The topological polar surface area (TPSA) is 9.49 Å². The van der Waals surface area contributed by atoms with Crippen LogP contribution >= 0.6 is 11.3 Å². The second-order valence-electron chi connectivity index (χ2n) is 4.98. The second-order valence-corrected chi connectivity index (χ2v) is 6.02. The van der Waals surface area contributed by atoms with Crippen LogP contribution in [0.2, 0.25) is 0 Å². The van der Waals surface area contributed by atoms with E-state index in [-0.39, 0.29) is 0 Å². The molecule has 1 fully saturated rings. The van der Waals surface area contributed by atoms with Gasteiger partial charge in [0.1, 0.15) is 14.1 Å². The molecular weight excluding hydrogens is 230 g/mol. The van der Waals surface area contributed by atoms with E-state index in [0.29, 0.717) is 0 Å². The largest absolute Gasteiger partial charge is 0.377 e. The van der Waals surface area contributed by atoms with Gasteiger partial charge >= 0.3 is 0 Å². The van der Waals surface area contributed by atoms with Gasteiger partial charge in [-0.05, 0) is 18.9 Å². The summed E-state index contributed by atoms with van der Waals surface area (Å²) >= 11 is 1.88. The van der Waals surface area contributed by atoms with Gasteiger partial charge in [-0.25, -0.2) is 4.58 Å². The van der Waals surface area contributed by atoms with E-state index in [1.54, 1.807) is 0 Å². The fourth-order valence-electron chi connectivity index (χ4n) is 2.03. The molecule has 0 bridgehead atoms. The van der Waals surface area contributed by atoms with Crippen molar-refractivity contribution in [2.75, 3.05) is 51.1 Å². The van der Waals surface area contributed by atoms with Crippen LogP contribution in [0.25, 0.3) is 0 Å². The van der Waals surface area contributed by atoms with Crippen LogP contribution in [0, 0.1) is 0 Å². The minimum absolute atomic E-state index is 1.21. The Labute approximate surface area is 108 Å². The zero-order chi connectivity index (χ0) is 12.4. The number of nitrogens with zero attached hydrogens (tertiary/aromatic N) is 3. The van der Waals surface area contributed by atoms with Crippen molar-refractivity contribution < 1.29 is 0 Å². The minimum Gasteiger partial charge on any atom is -0.377 e. The molecule has 0 unspecified atom stereocenters. The Hall–Kier alpha value is -1.03. The van der Waals surface area contributed by atoms with Crippen LogP contribution in [0.5, 0.6) is 0 Å². The molecule has 1 saturated heterocycles. The van der Waals surface area contributed by atoms with Gasteiger partial charge in [0.05, 0.1) is 5.00 Å². The average molecular weight is 252 g/mol. The molecule has 0 saturated carbocycles. The fraction of sp³-hybridized carbons (Fsp3) is 0.615. The Kier molecular flexibility index (Phi) is 3.72. The van der Waals surface area contributed by atoms with Gasteiger partial charge in [0.15, 0.2) is 0 Å². The first-order chi connectivity index (χ1) is 8.08. The highest BCUT2D eigenvalue weighted by Crippen LogP contribution is 2.26. The van der Waals surface area contributed by atoms with Crippen molar-refractivity contribution in [1.29, 1.82) is 0 Å². The maximum atomic E-state index is 2.50. The zero-order valence-corrected chi connectivity index (χ0v) is 12.0. The summed E-state index contributed by atoms with van der Waals surface area (Å²) in [5.74, 6) is 0. The van der Waals surface area contributed by atoms with Crippen molar-refractivity contribution >= 4 is 22.0 Å². The van der Waals surface area contributed by atoms with Crippen LogP contribution < -0.4 is 19.0 Å². The molecule has 0 aliphatic carbocycles. The predicted octanol–water partition coefficient (Wildman–Crippen LogP) is 1.45. The number of anilines is 2. The summed E-state index contributed by atoms with van der Waals surface area (Å²) in [6.07, 6.45) is 2.66. The van der Waals surface area contributed by atoms with Gasteiger partial charge in [-0.3, -0.25) is 0 Å². The molecule has 4 heteroatoms. The molecule has 94 valence electrons. The third kappa shape index (κ3) is 2.80. The summed E-state index contributed by atoms with van der Waals surface area (Å²) in [6, 6.07) is 4.56. The smallest absolute Gasteiger partial charge is 0.259 e. The first-order valence-electron chi connectivity index (χ1n) is 6.16. The molecule has 0 aromatic carbocycles. The highest BCUT2D eigenvalue weighted by molar-refractivity contribution is 7.13. The molecule has 0 spiro atoms. The summed E-state index contributed by atoms with van der Waals surface area (Å²) in [5, 5.41) is 1.40. The van der Waals surface area contributed by atoms with E-state index >= 15 is 0 Å². The van der Waals surface area contributed by atoms with Crippen LogP contribution in [0.15, 0.2) is 12.1 Å². The van der Waals surface area contributed by atoms with Crippen molar-refractivity contribution in [2.45, 2.75) is 12.8 Å². The first-order valence-corrected chi connectivity index (χ1v) is 6.97. The van der Waals surface area contributed by atoms with E-state index in [0.717, 1.165) is 0 Å². The lowest BCUT2D eigenvalue weighted by Crippen LogP contribution is -2.24. The summed E-state index contributed by atoms with van der Waals surface area (Å²) in [6.45, 7) is 2.42. The maximum Gasteiger partial charge on any atom is 0.259 e. The van der Waals surface area contributed by atoms with Crippen molar-refractivity contribution in [2.24, 2.45) is 0 Å². The van der Waals surface area contributed by atoms with E-state index in [1.807, 2.05) is 11.3 Å². The Morgan fingerprint density at radius 2 is 1.82 bits per heavy atom. The van der Waals surface area contributed by atoms with Crippen molar-refractivity contribution in [1.82, 2.24) is 4.58 Å². The quantitative estimate of drug-likeness (QED) is 0.737. The Bertz CT molecular complexity index is 452. The molecule has 2 rings (SSSR count). The Morgan fingerprint density at radius 1 is 1.18 bits per heavy atom. The van der Waals surface area contributed by atoms with Crippen LogP contribution in [-0.2, 0) is 0 Å². The molecule has 0 amide bonds. The van der Waals surface area contributed by atoms with E-state index in [1.165, 1.54) is 41.3 Å². The van der Waals surface area contributed by atoms with Gasteiger partial charge in [0.25, 0.3) is 4.67 Å². The summed E-state index contributed by atoms with van der Waals surface area (Å²) < 4.78 is 3.51. The summed E-state index contributed by atoms with van der Waals surface area (Å²) in [4.78, 5) is 4.68. The average Bonchev–Trinajstić information content (AvgIpc) is 2.81. The highest BCUT2D eigenvalue weighted by Gasteiger charge is 2.15. The molecule has 1 aromatic heterocycles. The van der Waals surface area contributed by atoms with Gasteiger partial charge < -0.3 is 9.80 Å². The Morgan fingerprint density at radius 3 is 2.35 bits per heavy atom. The van der Waals surface area contributed by atoms with Crippen LogP contribution in [-0.4, -0.2) is 41.3 Å². The van der Waals surface area contributed by atoms with Crippen LogP contribution in [0.3, 0.4) is 0 Å². The van der Waals surface area contributed by atoms with Gasteiger partial charge in [-0.15, -0.1) is 0 Å². The van der Waals surface area contributed by atoms with Gasteiger partial charge in [0.2, 0.25) is 0 Å². The SMILES string of the molecule is CN(C)c1cc(N2CCCC2)sc(=[N+](C)C)c1. The van der Waals surface area contributed by atoms with Gasteiger partial charge in [-0.2, -0.15) is 0 Å². The first kappa shape index (κ1) is 12.4. The summed E-state index contributed by atoms with van der Waals surface area (Å²) in [5.41, 5.74) is 1.29. The molecule has 17 heavy (non-hydrogen) atoms. The predicted molar refractivity (Wildman–Crippen MR) is 77.2 cm³/mol. The molecule has 0 N–H and O–H groups in total. The number of hydrogen-bond donors (Lipinski definition) is 0. The van der Waals surface area contributed by atoms with Gasteiger partial charge in [0, 0.05) is 38.9 Å². The lowest BCUT2D eigenvalue weighted by molar-refractivity contribution is 0.829. The third-order valence-electron chi connectivity index (χ3n) is 3.13. The highest BCUT2D eigenvalue weighted by atomic mass is 32.1. The standard InChI is InChI=1S/C13H22N3S/c1-14(2)11-9-12(15(3)4)17-13(10-11)16-7-5-6-8-16/h9-10H,5-8H2,1-4H3/q+1. The normalized spacial score (nSPS) is 15.2. The van der Waals surface area contributed by atoms with Crippen molar-refractivity contribution in [3.63, 3.8) is 0 Å². The van der Waals surface area contributed by atoms with Crippen LogP contribution in [0.4, 0.5) is 10.7 Å².